The number of aromatic amines is 1. The number of fused-ring (bicyclic) bond motifs is 1. The fraction of sp³-hybridized carbons (Fsp3) is 0.467. The Kier molecular flexibility index (Phi) is 4.01. The molecule has 2 heterocycles. The molecule has 1 saturated heterocycles. The van der Waals surface area contributed by atoms with Crippen molar-refractivity contribution in [1.29, 1.82) is 0 Å². The van der Waals surface area contributed by atoms with E-state index >= 15 is 0 Å². The summed E-state index contributed by atoms with van der Waals surface area (Å²) in [4.78, 5) is 3.26. The minimum absolute atomic E-state index is 0.307. The molecule has 6 heteroatoms. The third-order valence-corrected chi connectivity index (χ3v) is 5.89. The van der Waals surface area contributed by atoms with Crippen molar-refractivity contribution in [1.82, 2.24) is 9.71 Å². The number of ether oxygens (including phenoxy) is 1. The van der Waals surface area contributed by atoms with E-state index in [4.69, 9.17) is 4.74 Å². The van der Waals surface area contributed by atoms with Crippen molar-refractivity contribution in [2.45, 2.75) is 25.0 Å². The maximum absolute atomic E-state index is 12.1. The van der Waals surface area contributed by atoms with Gasteiger partial charge >= 0.3 is 0 Å². The molecule has 1 aromatic carbocycles. The highest BCUT2D eigenvalue weighted by Gasteiger charge is 2.28. The van der Waals surface area contributed by atoms with Crippen molar-refractivity contribution in [2.75, 3.05) is 19.8 Å². The Morgan fingerprint density at radius 3 is 3.05 bits per heavy atom. The lowest BCUT2D eigenvalue weighted by Crippen LogP contribution is -2.35. The van der Waals surface area contributed by atoms with Crippen LogP contribution >= 0.6 is 0 Å². The van der Waals surface area contributed by atoms with E-state index in [2.05, 4.69) is 28.8 Å². The number of aryl methyl sites for hydroxylation is 1. The van der Waals surface area contributed by atoms with Crippen LogP contribution in [0.1, 0.15) is 17.5 Å². The Morgan fingerprint density at radius 2 is 2.29 bits per heavy atom. The Bertz CT molecular complexity index is 730. The Balaban J connectivity index is 1.66. The number of hydrogen-bond donors (Lipinski definition) is 2. The zero-order valence-corrected chi connectivity index (χ0v) is 12.9. The first-order valence-corrected chi connectivity index (χ1v) is 8.74. The van der Waals surface area contributed by atoms with Gasteiger partial charge in [0.2, 0.25) is 10.0 Å². The average molecular weight is 308 g/mol. The highest BCUT2D eigenvalue weighted by molar-refractivity contribution is 7.90. The number of hydrogen-bond acceptors (Lipinski definition) is 3. The largest absolute Gasteiger partial charge is 0.380 e. The molecule has 2 N–H and O–H groups in total. The number of rotatable bonds is 5. The summed E-state index contributed by atoms with van der Waals surface area (Å²) in [6, 6.07) is 6.15. The number of H-pyrrole nitrogens is 1. The summed E-state index contributed by atoms with van der Waals surface area (Å²) in [6.45, 7) is 3.32. The monoisotopic (exact) mass is 308 g/mol. The fourth-order valence-corrected chi connectivity index (χ4v) is 4.08. The van der Waals surface area contributed by atoms with Crippen molar-refractivity contribution in [3.8, 4) is 0 Å². The molecule has 1 aliphatic heterocycles. The number of benzene rings is 1. The van der Waals surface area contributed by atoms with Crippen LogP contribution in [0.4, 0.5) is 0 Å². The predicted octanol–water partition coefficient (Wildman–Crippen LogP) is 1.73. The summed E-state index contributed by atoms with van der Waals surface area (Å²) in [5.74, 6) is 0. The maximum atomic E-state index is 12.1. The number of nitrogens with one attached hydrogen (secondary N) is 2. The summed E-state index contributed by atoms with van der Waals surface area (Å²) in [6.07, 6.45) is 3.22. The highest BCUT2D eigenvalue weighted by Crippen LogP contribution is 2.21. The van der Waals surface area contributed by atoms with Crippen LogP contribution in [0.25, 0.3) is 10.9 Å². The third kappa shape index (κ3) is 2.97. The first-order valence-electron chi connectivity index (χ1n) is 7.20. The lowest BCUT2D eigenvalue weighted by molar-refractivity contribution is 0.198. The molecule has 21 heavy (non-hydrogen) atoms. The quantitative estimate of drug-likeness (QED) is 0.883. The van der Waals surface area contributed by atoms with Crippen LogP contribution in [0.5, 0.6) is 0 Å². The lowest BCUT2D eigenvalue weighted by atomic mass is 10.1. The van der Waals surface area contributed by atoms with E-state index in [1.54, 1.807) is 0 Å². The van der Waals surface area contributed by atoms with Crippen molar-refractivity contribution in [2.24, 2.45) is 0 Å². The van der Waals surface area contributed by atoms with Crippen molar-refractivity contribution in [3.63, 3.8) is 0 Å². The third-order valence-electron chi connectivity index (χ3n) is 4.03. The van der Waals surface area contributed by atoms with Gasteiger partial charge in [-0.1, -0.05) is 18.2 Å². The smallest absolute Gasteiger partial charge is 0.216 e. The van der Waals surface area contributed by atoms with Gasteiger partial charge < -0.3 is 9.72 Å². The van der Waals surface area contributed by atoms with Crippen LogP contribution in [0, 0.1) is 6.92 Å². The van der Waals surface area contributed by atoms with E-state index in [1.807, 2.05) is 12.3 Å². The molecule has 0 radical (unpaired) electrons. The molecule has 1 aliphatic rings. The molecule has 0 amide bonds. The fourth-order valence-electron chi connectivity index (χ4n) is 2.77. The molecule has 1 fully saturated rings. The summed E-state index contributed by atoms with van der Waals surface area (Å²) in [5, 5.41) is 0.765. The van der Waals surface area contributed by atoms with Crippen molar-refractivity contribution >= 4 is 20.9 Å². The first-order chi connectivity index (χ1) is 10.1. The van der Waals surface area contributed by atoms with Gasteiger partial charge in [0, 0.05) is 30.3 Å². The normalized spacial score (nSPS) is 19.4. The van der Waals surface area contributed by atoms with Gasteiger partial charge in [-0.25, -0.2) is 13.1 Å². The average Bonchev–Trinajstić information content (AvgIpc) is 3.09. The van der Waals surface area contributed by atoms with E-state index in [0.29, 0.717) is 32.6 Å². The molecule has 3 rings (SSSR count). The minimum Gasteiger partial charge on any atom is -0.380 e. The van der Waals surface area contributed by atoms with E-state index in [-0.39, 0.29) is 0 Å². The van der Waals surface area contributed by atoms with Crippen LogP contribution in [-0.2, 0) is 21.2 Å². The molecule has 0 aliphatic carbocycles. The molecule has 0 spiro atoms. The number of sulfonamides is 1. The van der Waals surface area contributed by atoms with E-state index in [1.165, 1.54) is 10.9 Å². The van der Waals surface area contributed by atoms with Gasteiger partial charge in [-0.05, 0) is 30.9 Å². The van der Waals surface area contributed by atoms with Crippen LogP contribution in [-0.4, -0.2) is 38.4 Å². The molecule has 2 aromatic rings. The SMILES string of the molecule is Cc1cccc2c(CCNS(=O)(=O)[C@H]3CCOC3)c[nH]c12. The number of para-hydroxylation sites is 1. The second-order valence-electron chi connectivity index (χ2n) is 5.49. The molecular weight excluding hydrogens is 288 g/mol. The summed E-state index contributed by atoms with van der Waals surface area (Å²) in [7, 11) is -3.26. The molecule has 0 bridgehead atoms. The van der Waals surface area contributed by atoms with Crippen LogP contribution in [0.15, 0.2) is 24.4 Å². The molecule has 5 nitrogen and oxygen atoms in total. The summed E-state index contributed by atoms with van der Waals surface area (Å²) in [5.41, 5.74) is 3.46. The predicted molar refractivity (Wildman–Crippen MR) is 82.9 cm³/mol. The lowest BCUT2D eigenvalue weighted by Gasteiger charge is -2.10. The zero-order chi connectivity index (χ0) is 14.9. The van der Waals surface area contributed by atoms with E-state index in [0.717, 1.165) is 11.1 Å². The Labute approximate surface area is 124 Å². The van der Waals surface area contributed by atoms with Gasteiger partial charge in [0.25, 0.3) is 0 Å². The molecular formula is C15H20N2O3S. The van der Waals surface area contributed by atoms with Crippen LogP contribution < -0.4 is 4.72 Å². The molecule has 0 saturated carbocycles. The van der Waals surface area contributed by atoms with Crippen LogP contribution in [0.3, 0.4) is 0 Å². The minimum atomic E-state index is -3.26. The maximum Gasteiger partial charge on any atom is 0.216 e. The molecule has 1 atom stereocenters. The molecule has 114 valence electrons. The topological polar surface area (TPSA) is 71.2 Å². The van der Waals surface area contributed by atoms with Gasteiger partial charge in [-0.15, -0.1) is 0 Å². The Hall–Kier alpha value is -1.37. The summed E-state index contributed by atoms with van der Waals surface area (Å²) < 4.78 is 32.0. The van der Waals surface area contributed by atoms with Crippen LogP contribution in [0.2, 0.25) is 0 Å². The van der Waals surface area contributed by atoms with Gasteiger partial charge in [-0.3, -0.25) is 0 Å². The van der Waals surface area contributed by atoms with Gasteiger partial charge in [0.1, 0.15) is 5.25 Å². The summed E-state index contributed by atoms with van der Waals surface area (Å²) >= 11 is 0. The zero-order valence-electron chi connectivity index (χ0n) is 12.1. The highest BCUT2D eigenvalue weighted by atomic mass is 32.2. The van der Waals surface area contributed by atoms with E-state index < -0.39 is 15.3 Å². The Morgan fingerprint density at radius 1 is 1.43 bits per heavy atom. The number of aromatic nitrogens is 1. The van der Waals surface area contributed by atoms with E-state index in [9.17, 15) is 8.42 Å². The van der Waals surface area contributed by atoms with Crippen molar-refractivity contribution in [3.05, 3.63) is 35.5 Å². The molecule has 0 unspecified atom stereocenters. The van der Waals surface area contributed by atoms with Gasteiger partial charge in [-0.2, -0.15) is 0 Å². The van der Waals surface area contributed by atoms with Crippen molar-refractivity contribution < 1.29 is 13.2 Å². The second kappa shape index (κ2) is 5.79. The standard InChI is InChI=1S/C15H20N2O3S/c1-11-3-2-4-14-12(9-16-15(11)14)5-7-17-21(18,19)13-6-8-20-10-13/h2-4,9,13,16-17H,5-8,10H2,1H3/t13-/m0/s1. The van der Waals surface area contributed by atoms with Gasteiger partial charge in [0.15, 0.2) is 0 Å². The first kappa shape index (κ1) is 14.6. The second-order valence-corrected chi connectivity index (χ2v) is 7.53. The van der Waals surface area contributed by atoms with Gasteiger partial charge in [0.05, 0.1) is 6.61 Å². The molecule has 1 aromatic heterocycles.